The lowest BCUT2D eigenvalue weighted by Gasteiger charge is -2.26. The Morgan fingerprint density at radius 2 is 2.18 bits per heavy atom. The minimum Gasteiger partial charge on any atom is -0.379 e. The first-order chi connectivity index (χ1) is 10.6. The summed E-state index contributed by atoms with van der Waals surface area (Å²) in [7, 11) is 0. The van der Waals surface area contributed by atoms with E-state index in [2.05, 4.69) is 15.5 Å². The molecule has 1 saturated heterocycles. The van der Waals surface area contributed by atoms with Crippen molar-refractivity contribution in [3.8, 4) is 0 Å². The third kappa shape index (κ3) is 4.62. The summed E-state index contributed by atoms with van der Waals surface area (Å²) >= 11 is 5.22. The van der Waals surface area contributed by atoms with Crippen LogP contribution in [0.4, 0.5) is 11.4 Å². The number of hydrogen-bond acceptors (Lipinski definition) is 5. The van der Waals surface area contributed by atoms with Crippen molar-refractivity contribution in [1.82, 2.24) is 10.2 Å². The molecule has 0 unspecified atom stereocenters. The summed E-state index contributed by atoms with van der Waals surface area (Å²) in [5.41, 5.74) is 1.25. The number of nitrogens with zero attached hydrogens (tertiary/aromatic N) is 2. The Bertz CT molecular complexity index is 547. The van der Waals surface area contributed by atoms with Crippen LogP contribution in [0.3, 0.4) is 0 Å². The first kappa shape index (κ1) is 16.6. The molecule has 0 atom stereocenters. The topological polar surface area (TPSA) is 79.7 Å². The highest BCUT2D eigenvalue weighted by Crippen LogP contribution is 2.27. The van der Waals surface area contributed by atoms with Crippen LogP contribution in [0.1, 0.15) is 5.56 Å². The molecule has 1 aliphatic rings. The average molecular weight is 324 g/mol. The molecule has 22 heavy (non-hydrogen) atoms. The molecule has 0 spiro atoms. The summed E-state index contributed by atoms with van der Waals surface area (Å²) in [6.07, 6.45) is 0. The van der Waals surface area contributed by atoms with E-state index in [1.54, 1.807) is 6.07 Å². The van der Waals surface area contributed by atoms with Crippen LogP contribution >= 0.6 is 12.2 Å². The molecule has 0 aliphatic carbocycles. The molecule has 2 N–H and O–H groups in total. The quantitative estimate of drug-likeness (QED) is 0.483. The zero-order valence-corrected chi connectivity index (χ0v) is 13.3. The van der Waals surface area contributed by atoms with E-state index >= 15 is 0 Å². The lowest BCUT2D eigenvalue weighted by atomic mass is 10.1. The van der Waals surface area contributed by atoms with Crippen molar-refractivity contribution in [3.05, 3.63) is 33.9 Å². The Hall–Kier alpha value is -1.77. The van der Waals surface area contributed by atoms with Gasteiger partial charge >= 0.3 is 0 Å². The highest BCUT2D eigenvalue weighted by Gasteiger charge is 2.16. The summed E-state index contributed by atoms with van der Waals surface area (Å²) in [5, 5.41) is 17.5. The standard InChI is InChI=1S/C14H20N4O3S/c1-11-3-2-4-12(18(19)20)13(11)16-14(22)15-5-6-17-7-9-21-10-8-17/h2-4H,5-10H2,1H3,(H2,15,16,22). The van der Waals surface area contributed by atoms with Crippen molar-refractivity contribution in [2.45, 2.75) is 6.92 Å². The molecule has 0 saturated carbocycles. The average Bonchev–Trinajstić information content (AvgIpc) is 2.50. The van der Waals surface area contributed by atoms with Crippen LogP contribution in [0.15, 0.2) is 18.2 Å². The predicted molar refractivity (Wildman–Crippen MR) is 89.3 cm³/mol. The van der Waals surface area contributed by atoms with Crippen molar-refractivity contribution in [2.24, 2.45) is 0 Å². The third-order valence-electron chi connectivity index (χ3n) is 3.50. The van der Waals surface area contributed by atoms with Crippen LogP contribution in [-0.4, -0.2) is 54.3 Å². The molecular formula is C14H20N4O3S. The van der Waals surface area contributed by atoms with Gasteiger partial charge in [0.05, 0.1) is 18.1 Å². The van der Waals surface area contributed by atoms with Gasteiger partial charge in [-0.15, -0.1) is 0 Å². The van der Waals surface area contributed by atoms with E-state index < -0.39 is 4.92 Å². The van der Waals surface area contributed by atoms with E-state index in [-0.39, 0.29) is 5.69 Å². The number of ether oxygens (including phenoxy) is 1. The number of benzene rings is 1. The molecule has 120 valence electrons. The number of anilines is 1. The van der Waals surface area contributed by atoms with Crippen molar-refractivity contribution in [2.75, 3.05) is 44.7 Å². The fourth-order valence-corrected chi connectivity index (χ4v) is 2.48. The summed E-state index contributed by atoms with van der Waals surface area (Å²) in [4.78, 5) is 12.9. The summed E-state index contributed by atoms with van der Waals surface area (Å²) in [5.74, 6) is 0. The largest absolute Gasteiger partial charge is 0.379 e. The predicted octanol–water partition coefficient (Wildman–Crippen LogP) is 1.52. The van der Waals surface area contributed by atoms with Gasteiger partial charge in [-0.05, 0) is 24.7 Å². The number of aryl methyl sites for hydroxylation is 1. The smallest absolute Gasteiger partial charge is 0.293 e. The number of nitro groups is 1. The van der Waals surface area contributed by atoms with Gasteiger partial charge < -0.3 is 15.4 Å². The lowest BCUT2D eigenvalue weighted by Crippen LogP contribution is -2.42. The zero-order valence-electron chi connectivity index (χ0n) is 12.5. The van der Waals surface area contributed by atoms with E-state index in [4.69, 9.17) is 17.0 Å². The maximum absolute atomic E-state index is 11.1. The summed E-state index contributed by atoms with van der Waals surface area (Å²) in [6, 6.07) is 4.94. The van der Waals surface area contributed by atoms with Gasteiger partial charge in [-0.2, -0.15) is 0 Å². The van der Waals surface area contributed by atoms with E-state index in [1.807, 2.05) is 13.0 Å². The SMILES string of the molecule is Cc1cccc([N+](=O)[O-])c1NC(=S)NCCN1CCOCC1. The number of nitrogens with one attached hydrogen (secondary N) is 2. The monoisotopic (exact) mass is 324 g/mol. The minimum absolute atomic E-state index is 0.0253. The minimum atomic E-state index is -0.411. The highest BCUT2D eigenvalue weighted by atomic mass is 32.1. The maximum atomic E-state index is 11.1. The van der Waals surface area contributed by atoms with Crippen molar-refractivity contribution in [1.29, 1.82) is 0 Å². The Kier molecular flexibility index (Phi) is 6.05. The number of morpholine rings is 1. The summed E-state index contributed by atoms with van der Waals surface area (Å²) < 4.78 is 5.29. The lowest BCUT2D eigenvalue weighted by molar-refractivity contribution is -0.383. The van der Waals surface area contributed by atoms with Gasteiger partial charge in [0.25, 0.3) is 5.69 Å². The second kappa shape index (κ2) is 8.02. The molecule has 7 nitrogen and oxygen atoms in total. The Morgan fingerprint density at radius 3 is 2.86 bits per heavy atom. The number of hydrogen-bond donors (Lipinski definition) is 2. The molecule has 1 aromatic carbocycles. The molecule has 1 aromatic rings. The number of thiocarbonyl (C=S) groups is 1. The molecule has 1 aliphatic heterocycles. The second-order valence-corrected chi connectivity index (χ2v) is 5.47. The molecule has 8 heteroatoms. The number of nitro benzene ring substituents is 1. The van der Waals surface area contributed by atoms with Crippen molar-refractivity contribution >= 4 is 28.7 Å². The Labute approximate surface area is 134 Å². The van der Waals surface area contributed by atoms with Gasteiger partial charge in [0.15, 0.2) is 5.11 Å². The van der Waals surface area contributed by atoms with Crippen LogP contribution < -0.4 is 10.6 Å². The van der Waals surface area contributed by atoms with Gasteiger partial charge in [0.2, 0.25) is 0 Å². The Balaban J connectivity index is 1.85. The molecule has 1 heterocycles. The van der Waals surface area contributed by atoms with E-state index in [0.29, 0.717) is 17.3 Å². The third-order valence-corrected chi connectivity index (χ3v) is 3.75. The van der Waals surface area contributed by atoms with Gasteiger partial charge in [-0.3, -0.25) is 15.0 Å². The van der Waals surface area contributed by atoms with Crippen molar-refractivity contribution < 1.29 is 9.66 Å². The van der Waals surface area contributed by atoms with Crippen LogP contribution in [-0.2, 0) is 4.74 Å². The van der Waals surface area contributed by atoms with Gasteiger partial charge in [-0.25, -0.2) is 0 Å². The highest BCUT2D eigenvalue weighted by molar-refractivity contribution is 7.80. The molecular weight excluding hydrogens is 304 g/mol. The van der Waals surface area contributed by atoms with Crippen LogP contribution in [0.5, 0.6) is 0 Å². The van der Waals surface area contributed by atoms with Crippen LogP contribution in [0.2, 0.25) is 0 Å². The zero-order chi connectivity index (χ0) is 15.9. The van der Waals surface area contributed by atoms with Crippen molar-refractivity contribution in [3.63, 3.8) is 0 Å². The molecule has 0 amide bonds. The molecule has 0 aromatic heterocycles. The maximum Gasteiger partial charge on any atom is 0.293 e. The first-order valence-corrected chi connectivity index (χ1v) is 7.57. The van der Waals surface area contributed by atoms with E-state index in [0.717, 1.165) is 38.4 Å². The van der Waals surface area contributed by atoms with E-state index in [9.17, 15) is 10.1 Å². The van der Waals surface area contributed by atoms with Gasteiger partial charge in [0.1, 0.15) is 5.69 Å². The van der Waals surface area contributed by atoms with Gasteiger partial charge in [-0.1, -0.05) is 12.1 Å². The fourth-order valence-electron chi connectivity index (χ4n) is 2.28. The number of rotatable bonds is 5. The molecule has 0 bridgehead atoms. The fraction of sp³-hybridized carbons (Fsp3) is 0.500. The first-order valence-electron chi connectivity index (χ1n) is 7.17. The molecule has 1 fully saturated rings. The second-order valence-electron chi connectivity index (χ2n) is 5.06. The molecule has 2 rings (SSSR count). The van der Waals surface area contributed by atoms with E-state index in [1.165, 1.54) is 6.07 Å². The normalized spacial score (nSPS) is 15.3. The van der Waals surface area contributed by atoms with Gasteiger partial charge in [0, 0.05) is 32.2 Å². The Morgan fingerprint density at radius 1 is 1.45 bits per heavy atom. The molecule has 0 radical (unpaired) electrons. The van der Waals surface area contributed by atoms with Crippen LogP contribution in [0, 0.1) is 17.0 Å². The number of para-hydroxylation sites is 1. The van der Waals surface area contributed by atoms with Crippen LogP contribution in [0.25, 0.3) is 0 Å². The summed E-state index contributed by atoms with van der Waals surface area (Å²) in [6.45, 7) is 6.73.